The average Bonchev–Trinajstić information content (AvgIpc) is 2.15. The van der Waals surface area contributed by atoms with Gasteiger partial charge in [0, 0.05) is 4.90 Å². The third-order valence-corrected chi connectivity index (χ3v) is 2.14. The van der Waals surface area contributed by atoms with Crippen molar-refractivity contribution >= 4 is 23.1 Å². The van der Waals surface area contributed by atoms with Crippen LogP contribution in [0.5, 0.6) is 0 Å². The van der Waals surface area contributed by atoms with Gasteiger partial charge in [-0.1, -0.05) is 18.2 Å². The van der Waals surface area contributed by atoms with E-state index in [4.69, 9.17) is 0 Å². The van der Waals surface area contributed by atoms with E-state index in [1.54, 1.807) is 0 Å². The van der Waals surface area contributed by atoms with Crippen molar-refractivity contribution in [2.45, 2.75) is 4.90 Å². The van der Waals surface area contributed by atoms with Crippen molar-refractivity contribution in [3.63, 3.8) is 0 Å². The Labute approximate surface area is 140 Å². The molecule has 7 heteroatoms. The first-order valence-electron chi connectivity index (χ1n) is 3.68. The molecule has 16 heavy (non-hydrogen) atoms. The second-order valence-electron chi connectivity index (χ2n) is 2.46. The van der Waals surface area contributed by atoms with E-state index in [-0.39, 0.29) is 64.0 Å². The van der Waals surface area contributed by atoms with Crippen LogP contribution in [0.1, 0.15) is 5.56 Å². The van der Waals surface area contributed by atoms with Gasteiger partial charge >= 0.3 is 59.1 Å². The molecule has 0 saturated heterocycles. The molecule has 4 nitrogen and oxygen atoms in total. The molecular formula is C9H6Na2O4S. The van der Waals surface area contributed by atoms with E-state index in [0.717, 1.165) is 6.08 Å². The van der Waals surface area contributed by atoms with E-state index >= 15 is 0 Å². The van der Waals surface area contributed by atoms with Gasteiger partial charge in [0.2, 0.25) is 0 Å². The summed E-state index contributed by atoms with van der Waals surface area (Å²) in [5.74, 6) is -1.29. The minimum Gasteiger partial charge on any atom is -0.768 e. The fourth-order valence-corrected chi connectivity index (χ4v) is 1.21. The summed E-state index contributed by atoms with van der Waals surface area (Å²) in [7, 11) is 0. The zero-order chi connectivity index (χ0) is 10.6. The van der Waals surface area contributed by atoms with Gasteiger partial charge in [-0.25, -0.2) is 0 Å². The fourth-order valence-electron chi connectivity index (χ4n) is 0.854. The van der Waals surface area contributed by atoms with Crippen molar-refractivity contribution in [1.29, 1.82) is 0 Å². The third kappa shape index (κ3) is 6.98. The van der Waals surface area contributed by atoms with Crippen LogP contribution < -0.4 is 64.2 Å². The Kier molecular flexibility index (Phi) is 11.3. The van der Waals surface area contributed by atoms with Crippen LogP contribution >= 0.6 is 0 Å². The molecule has 0 N–H and O–H groups in total. The maximum Gasteiger partial charge on any atom is 1.00 e. The number of aliphatic carboxylic acids is 1. The molecule has 0 aromatic heterocycles. The maximum atomic E-state index is 10.5. The Morgan fingerprint density at radius 2 is 1.69 bits per heavy atom. The molecule has 0 heterocycles. The molecule has 1 aromatic rings. The summed E-state index contributed by atoms with van der Waals surface area (Å²) >= 11 is -2.25. The summed E-state index contributed by atoms with van der Waals surface area (Å²) in [5.41, 5.74) is 0.600. The van der Waals surface area contributed by atoms with Crippen LogP contribution in [0.25, 0.3) is 6.08 Å². The molecular weight excluding hydrogens is 250 g/mol. The molecule has 1 rings (SSSR count). The number of carbonyl (C=O) groups is 1. The minimum absolute atomic E-state index is 0. The topological polar surface area (TPSA) is 80.3 Å². The summed E-state index contributed by atoms with van der Waals surface area (Å²) in [6.07, 6.45) is 2.20. The molecule has 0 aliphatic rings. The monoisotopic (exact) mass is 256 g/mol. The first-order valence-corrected chi connectivity index (χ1v) is 4.75. The minimum atomic E-state index is -2.25. The van der Waals surface area contributed by atoms with E-state index in [9.17, 15) is 18.7 Å². The molecule has 1 aromatic carbocycles. The molecule has 74 valence electrons. The normalized spacial score (nSPS) is 11.3. The first kappa shape index (κ1) is 18.9. The zero-order valence-corrected chi connectivity index (χ0v) is 13.8. The van der Waals surface area contributed by atoms with Crippen molar-refractivity contribution in [2.75, 3.05) is 0 Å². The molecule has 0 radical (unpaired) electrons. The van der Waals surface area contributed by atoms with Gasteiger partial charge in [0.25, 0.3) is 0 Å². The van der Waals surface area contributed by atoms with Gasteiger partial charge < -0.3 is 14.5 Å². The number of rotatable bonds is 3. The third-order valence-electron chi connectivity index (χ3n) is 1.48. The first-order chi connectivity index (χ1) is 6.59. The van der Waals surface area contributed by atoms with Crippen molar-refractivity contribution in [2.24, 2.45) is 0 Å². The van der Waals surface area contributed by atoms with Gasteiger partial charge in [0.15, 0.2) is 0 Å². The van der Waals surface area contributed by atoms with Crippen LogP contribution in [-0.4, -0.2) is 14.7 Å². The van der Waals surface area contributed by atoms with Gasteiger partial charge in [-0.2, -0.15) is 0 Å². The molecule has 1 unspecified atom stereocenters. The fraction of sp³-hybridized carbons (Fsp3) is 0. The summed E-state index contributed by atoms with van der Waals surface area (Å²) in [6, 6.07) is 5.78. The van der Waals surface area contributed by atoms with Crippen molar-refractivity contribution in [3.8, 4) is 0 Å². The molecule has 1 atom stereocenters. The second kappa shape index (κ2) is 9.56. The predicted octanol–water partition coefficient (Wildman–Crippen LogP) is -6.30. The van der Waals surface area contributed by atoms with Gasteiger partial charge in [0.1, 0.15) is 0 Å². The Morgan fingerprint density at radius 3 is 2.06 bits per heavy atom. The van der Waals surface area contributed by atoms with Gasteiger partial charge in [0.05, 0.1) is 5.97 Å². The Balaban J connectivity index is 0. The van der Waals surface area contributed by atoms with Gasteiger partial charge in [-0.05, 0) is 34.9 Å². The van der Waals surface area contributed by atoms with E-state index < -0.39 is 17.0 Å². The summed E-state index contributed by atoms with van der Waals surface area (Å²) in [4.78, 5) is 10.2. The number of carboxylic acid groups (broad SMARTS) is 1. The largest absolute Gasteiger partial charge is 1.00 e. The van der Waals surface area contributed by atoms with Gasteiger partial charge in [-0.15, -0.1) is 0 Å². The number of carbonyl (C=O) groups excluding carboxylic acids is 1. The number of benzene rings is 1. The molecule has 0 fully saturated rings. The smallest absolute Gasteiger partial charge is 0.768 e. The number of hydrogen-bond donors (Lipinski definition) is 0. The SMILES string of the molecule is O=C([O-])/C=C/c1ccc(S(=O)[O-])cc1.[Na+].[Na+]. The Bertz CT molecular complexity index is 389. The number of carboxylic acids is 1. The van der Waals surface area contributed by atoms with Crippen LogP contribution in [-0.2, 0) is 15.9 Å². The maximum absolute atomic E-state index is 10.5. The molecule has 0 bridgehead atoms. The summed E-state index contributed by atoms with van der Waals surface area (Å²) in [5, 5.41) is 10.1. The van der Waals surface area contributed by atoms with Crippen LogP contribution in [0.2, 0.25) is 0 Å². The molecule has 0 saturated carbocycles. The Morgan fingerprint density at radius 1 is 1.19 bits per heavy atom. The number of hydrogen-bond acceptors (Lipinski definition) is 4. The molecule has 0 spiro atoms. The molecule has 0 amide bonds. The van der Waals surface area contributed by atoms with E-state index in [1.165, 1.54) is 30.3 Å². The molecule has 0 aliphatic carbocycles. The quantitative estimate of drug-likeness (QED) is 0.306. The van der Waals surface area contributed by atoms with E-state index in [0.29, 0.717) is 5.56 Å². The summed E-state index contributed by atoms with van der Waals surface area (Å²) < 4.78 is 20.9. The molecule has 0 aliphatic heterocycles. The van der Waals surface area contributed by atoms with E-state index in [2.05, 4.69) is 0 Å². The van der Waals surface area contributed by atoms with Crippen molar-refractivity contribution in [3.05, 3.63) is 35.9 Å². The van der Waals surface area contributed by atoms with Crippen LogP contribution in [0.3, 0.4) is 0 Å². The van der Waals surface area contributed by atoms with Crippen LogP contribution in [0.4, 0.5) is 0 Å². The van der Waals surface area contributed by atoms with Crippen LogP contribution in [0.15, 0.2) is 35.2 Å². The van der Waals surface area contributed by atoms with Crippen LogP contribution in [0, 0.1) is 0 Å². The predicted molar refractivity (Wildman–Crippen MR) is 47.7 cm³/mol. The average molecular weight is 256 g/mol. The van der Waals surface area contributed by atoms with Crippen molar-refractivity contribution in [1.82, 2.24) is 0 Å². The Hall–Kier alpha value is 0.540. The van der Waals surface area contributed by atoms with Gasteiger partial charge in [-0.3, -0.25) is 4.21 Å². The zero-order valence-electron chi connectivity index (χ0n) is 9.01. The second-order valence-corrected chi connectivity index (χ2v) is 3.40. The van der Waals surface area contributed by atoms with Crippen molar-refractivity contribution < 1.29 is 77.8 Å². The standard InChI is InChI=1S/C9H8O4S.2Na/c10-9(11)6-3-7-1-4-8(5-2-7)14(12)13;;/h1-6H,(H,10,11)(H,12,13);;/q;2*+1/p-2/b6-3+;;. The van der Waals surface area contributed by atoms with E-state index in [1.807, 2.05) is 0 Å². The summed E-state index contributed by atoms with van der Waals surface area (Å²) in [6.45, 7) is 0.